The van der Waals surface area contributed by atoms with Crippen molar-refractivity contribution >= 4 is 0 Å². The van der Waals surface area contributed by atoms with E-state index in [1.165, 1.54) is 5.56 Å². The maximum atomic E-state index is 10.4. The van der Waals surface area contributed by atoms with Crippen molar-refractivity contribution in [2.24, 2.45) is 0 Å². The molecule has 0 spiro atoms. The van der Waals surface area contributed by atoms with E-state index in [1.807, 2.05) is 54.6 Å². The summed E-state index contributed by atoms with van der Waals surface area (Å²) in [5, 5.41) is 10.4. The van der Waals surface area contributed by atoms with Gasteiger partial charge in [-0.1, -0.05) is 78.9 Å². The smallest absolute Gasteiger partial charge is 0.125 e. The van der Waals surface area contributed by atoms with Gasteiger partial charge in [0.05, 0.1) is 6.10 Å². The molecule has 0 saturated heterocycles. The molecular weight excluding hydrogens is 358 g/mol. The number of rotatable bonds is 10. The number of aryl methyl sites for hydroxylation is 1. The summed E-state index contributed by atoms with van der Waals surface area (Å²) in [6.07, 6.45) is 1.18. The Labute approximate surface area is 174 Å². The van der Waals surface area contributed by atoms with Gasteiger partial charge in [0.2, 0.25) is 0 Å². The summed E-state index contributed by atoms with van der Waals surface area (Å²) >= 11 is 0. The minimum absolute atomic E-state index is 0.00111. The molecule has 0 aliphatic carbocycles. The number of aliphatic hydroxyl groups is 1. The van der Waals surface area contributed by atoms with Crippen molar-refractivity contribution < 1.29 is 9.84 Å². The van der Waals surface area contributed by atoms with Gasteiger partial charge >= 0.3 is 0 Å². The molecule has 0 bridgehead atoms. The highest BCUT2D eigenvalue weighted by molar-refractivity contribution is 5.33. The van der Waals surface area contributed by atoms with Crippen LogP contribution >= 0.6 is 0 Å². The third kappa shape index (κ3) is 6.45. The Hall–Kier alpha value is -2.62. The number of nitrogens with zero attached hydrogens (tertiary/aromatic N) is 1. The van der Waals surface area contributed by atoms with Crippen molar-refractivity contribution in [3.8, 4) is 5.75 Å². The monoisotopic (exact) mass is 389 g/mol. The van der Waals surface area contributed by atoms with Crippen LogP contribution in [0.3, 0.4) is 0 Å². The molecule has 3 rings (SSSR count). The summed E-state index contributed by atoms with van der Waals surface area (Å²) < 4.78 is 6.40. The Morgan fingerprint density at radius 2 is 1.31 bits per heavy atom. The average Bonchev–Trinajstić information content (AvgIpc) is 2.77. The van der Waals surface area contributed by atoms with Gasteiger partial charge in [-0.2, -0.15) is 0 Å². The second kappa shape index (κ2) is 10.8. The highest BCUT2D eigenvalue weighted by atomic mass is 16.5. The van der Waals surface area contributed by atoms with Crippen LogP contribution in [-0.2, 0) is 0 Å². The summed E-state index contributed by atoms with van der Waals surface area (Å²) in [6.45, 7) is 3.81. The lowest BCUT2D eigenvalue weighted by molar-refractivity contribution is 0.137. The molecule has 3 aromatic carbocycles. The Morgan fingerprint density at radius 3 is 1.97 bits per heavy atom. The Kier molecular flexibility index (Phi) is 7.85. The summed E-state index contributed by atoms with van der Waals surface area (Å²) in [4.78, 5) is 2.27. The molecule has 0 aliphatic rings. The summed E-state index contributed by atoms with van der Waals surface area (Å²) in [6, 6.07) is 28.4. The van der Waals surface area contributed by atoms with Crippen LogP contribution in [0.1, 0.15) is 41.7 Å². The molecule has 0 aliphatic heterocycles. The highest BCUT2D eigenvalue weighted by Gasteiger charge is 2.16. The lowest BCUT2D eigenvalue weighted by Crippen LogP contribution is -2.25. The number of hydrogen-bond acceptors (Lipinski definition) is 3. The first-order chi connectivity index (χ1) is 14.1. The number of benzene rings is 3. The quantitative estimate of drug-likeness (QED) is 0.493. The predicted octanol–water partition coefficient (Wildman–Crippen LogP) is 5.56. The standard InChI is InChI=1S/C26H31NO2/c1-21-11-9-10-16-25(21)29-26(23-14-7-4-8-15-23)18-20-27(2)19-17-24(28)22-12-5-3-6-13-22/h3-16,24,26,28H,17-20H2,1-2H3/t24-,26-/m1/s1. The molecule has 1 N–H and O–H groups in total. The Morgan fingerprint density at radius 1 is 0.759 bits per heavy atom. The maximum Gasteiger partial charge on any atom is 0.125 e. The minimum atomic E-state index is -0.424. The lowest BCUT2D eigenvalue weighted by Gasteiger charge is -2.24. The molecule has 3 nitrogen and oxygen atoms in total. The van der Waals surface area contributed by atoms with Gasteiger partial charge in [0, 0.05) is 19.5 Å². The van der Waals surface area contributed by atoms with Crippen LogP contribution in [0.2, 0.25) is 0 Å². The molecule has 0 unspecified atom stereocenters. The van der Waals surface area contributed by atoms with Gasteiger partial charge in [-0.3, -0.25) is 0 Å². The van der Waals surface area contributed by atoms with E-state index < -0.39 is 6.10 Å². The number of ether oxygens (including phenoxy) is 1. The third-order valence-electron chi connectivity index (χ3n) is 5.28. The molecule has 3 aromatic rings. The van der Waals surface area contributed by atoms with Crippen molar-refractivity contribution in [2.75, 3.05) is 20.1 Å². The largest absolute Gasteiger partial charge is 0.485 e. The fraction of sp³-hybridized carbons (Fsp3) is 0.308. The van der Waals surface area contributed by atoms with E-state index in [0.29, 0.717) is 0 Å². The molecule has 0 aromatic heterocycles. The van der Waals surface area contributed by atoms with Gasteiger partial charge < -0.3 is 14.7 Å². The molecule has 29 heavy (non-hydrogen) atoms. The molecule has 0 saturated carbocycles. The van der Waals surface area contributed by atoms with Gasteiger partial charge in [0.1, 0.15) is 11.9 Å². The second-order valence-corrected chi connectivity index (χ2v) is 7.59. The maximum absolute atomic E-state index is 10.4. The fourth-order valence-electron chi connectivity index (χ4n) is 3.44. The Bertz CT molecular complexity index is 851. The first-order valence-electron chi connectivity index (χ1n) is 10.3. The van der Waals surface area contributed by atoms with E-state index in [2.05, 4.69) is 49.2 Å². The number of aliphatic hydroxyl groups excluding tert-OH is 1. The van der Waals surface area contributed by atoms with E-state index in [1.54, 1.807) is 0 Å². The van der Waals surface area contributed by atoms with Crippen LogP contribution in [0.4, 0.5) is 0 Å². The van der Waals surface area contributed by atoms with Gasteiger partial charge in [0.25, 0.3) is 0 Å². The van der Waals surface area contributed by atoms with Gasteiger partial charge in [-0.25, -0.2) is 0 Å². The molecule has 2 atom stereocenters. The van der Waals surface area contributed by atoms with Crippen LogP contribution in [0.5, 0.6) is 5.75 Å². The first-order valence-corrected chi connectivity index (χ1v) is 10.3. The fourth-order valence-corrected chi connectivity index (χ4v) is 3.44. The predicted molar refractivity (Wildman–Crippen MR) is 119 cm³/mol. The molecule has 152 valence electrons. The van der Waals surface area contributed by atoms with Crippen LogP contribution in [-0.4, -0.2) is 30.1 Å². The van der Waals surface area contributed by atoms with Crippen molar-refractivity contribution in [3.05, 3.63) is 102 Å². The van der Waals surface area contributed by atoms with E-state index in [0.717, 1.165) is 42.8 Å². The number of hydrogen-bond donors (Lipinski definition) is 1. The molecule has 0 heterocycles. The van der Waals surface area contributed by atoms with Crippen LogP contribution in [0.25, 0.3) is 0 Å². The topological polar surface area (TPSA) is 32.7 Å². The lowest BCUT2D eigenvalue weighted by atomic mass is 10.0. The molecular formula is C26H31NO2. The molecule has 3 heteroatoms. The molecule has 0 amide bonds. The van der Waals surface area contributed by atoms with Crippen LogP contribution < -0.4 is 4.74 Å². The zero-order valence-electron chi connectivity index (χ0n) is 17.4. The van der Waals surface area contributed by atoms with E-state index in [9.17, 15) is 5.11 Å². The minimum Gasteiger partial charge on any atom is -0.485 e. The Balaban J connectivity index is 1.57. The summed E-state index contributed by atoms with van der Waals surface area (Å²) in [7, 11) is 2.10. The zero-order valence-corrected chi connectivity index (χ0v) is 17.4. The normalized spacial score (nSPS) is 13.2. The summed E-state index contributed by atoms with van der Waals surface area (Å²) in [5.41, 5.74) is 3.31. The SMILES string of the molecule is Cc1ccccc1O[C@H](CCN(C)CC[C@@H](O)c1ccccc1)c1ccccc1. The third-order valence-corrected chi connectivity index (χ3v) is 5.28. The first kappa shape index (κ1) is 21.1. The van der Waals surface area contributed by atoms with Crippen molar-refractivity contribution in [3.63, 3.8) is 0 Å². The molecule has 0 radical (unpaired) electrons. The van der Waals surface area contributed by atoms with Crippen LogP contribution in [0.15, 0.2) is 84.9 Å². The van der Waals surface area contributed by atoms with Gasteiger partial charge in [-0.05, 0) is 43.1 Å². The number of para-hydroxylation sites is 1. The van der Waals surface area contributed by atoms with Gasteiger partial charge in [0.15, 0.2) is 0 Å². The zero-order chi connectivity index (χ0) is 20.5. The average molecular weight is 390 g/mol. The van der Waals surface area contributed by atoms with Crippen molar-refractivity contribution in [2.45, 2.75) is 32.0 Å². The van der Waals surface area contributed by atoms with Crippen LogP contribution in [0, 0.1) is 6.92 Å². The van der Waals surface area contributed by atoms with Gasteiger partial charge in [-0.15, -0.1) is 0 Å². The van der Waals surface area contributed by atoms with Crippen molar-refractivity contribution in [1.82, 2.24) is 4.90 Å². The van der Waals surface area contributed by atoms with E-state index in [4.69, 9.17) is 4.74 Å². The molecule has 0 fully saturated rings. The van der Waals surface area contributed by atoms with E-state index >= 15 is 0 Å². The second-order valence-electron chi connectivity index (χ2n) is 7.59. The highest BCUT2D eigenvalue weighted by Crippen LogP contribution is 2.27. The summed E-state index contributed by atoms with van der Waals surface area (Å²) in [5.74, 6) is 0.934. The van der Waals surface area contributed by atoms with E-state index in [-0.39, 0.29) is 6.10 Å². The van der Waals surface area contributed by atoms with Crippen molar-refractivity contribution in [1.29, 1.82) is 0 Å².